The fourth-order valence-corrected chi connectivity index (χ4v) is 2.98. The van der Waals surface area contributed by atoms with Gasteiger partial charge >= 0.3 is 6.03 Å². The molecule has 6 heteroatoms. The molecule has 3 rings (SSSR count). The fraction of sp³-hybridized carbons (Fsp3) is 0.316. The van der Waals surface area contributed by atoms with Crippen molar-refractivity contribution in [2.45, 2.75) is 18.9 Å². The predicted molar refractivity (Wildman–Crippen MR) is 101 cm³/mol. The van der Waals surface area contributed by atoms with Gasteiger partial charge in [-0.15, -0.1) is 0 Å². The number of urea groups is 1. The molecule has 1 fully saturated rings. The zero-order valence-corrected chi connectivity index (χ0v) is 14.9. The molecule has 25 heavy (non-hydrogen) atoms. The second-order valence-corrected chi connectivity index (χ2v) is 6.87. The summed E-state index contributed by atoms with van der Waals surface area (Å²) in [4.78, 5) is 12.0. The number of nitrogens with one attached hydrogen (secondary N) is 3. The summed E-state index contributed by atoms with van der Waals surface area (Å²) in [6.45, 7) is 4.60. The van der Waals surface area contributed by atoms with Crippen LogP contribution < -0.4 is 16.0 Å². The van der Waals surface area contributed by atoms with Crippen LogP contribution >= 0.6 is 11.6 Å². The lowest BCUT2D eigenvalue weighted by molar-refractivity contribution is -0.0516. The highest BCUT2D eigenvalue weighted by Crippen LogP contribution is 2.21. The molecule has 2 aromatic carbocycles. The largest absolute Gasteiger partial charge is 0.372 e. The van der Waals surface area contributed by atoms with Crippen LogP contribution in [0.1, 0.15) is 12.5 Å². The highest BCUT2D eigenvalue weighted by Gasteiger charge is 2.27. The summed E-state index contributed by atoms with van der Waals surface area (Å²) in [5.74, 6) is 0. The Morgan fingerprint density at radius 2 is 1.72 bits per heavy atom. The highest BCUT2D eigenvalue weighted by atomic mass is 35.5. The van der Waals surface area contributed by atoms with E-state index >= 15 is 0 Å². The number of ether oxygens (including phenoxy) is 1. The van der Waals surface area contributed by atoms with E-state index in [-0.39, 0.29) is 11.6 Å². The Morgan fingerprint density at radius 1 is 1.12 bits per heavy atom. The van der Waals surface area contributed by atoms with E-state index in [9.17, 15) is 4.79 Å². The zero-order chi connectivity index (χ0) is 17.7. The molecule has 0 unspecified atom stereocenters. The van der Waals surface area contributed by atoms with Crippen molar-refractivity contribution in [3.8, 4) is 0 Å². The van der Waals surface area contributed by atoms with Gasteiger partial charge in [-0.1, -0.05) is 23.7 Å². The summed E-state index contributed by atoms with van der Waals surface area (Å²) in [6.07, 6.45) is 0.831. The number of morpholine rings is 1. The van der Waals surface area contributed by atoms with E-state index in [1.165, 1.54) is 5.56 Å². The summed E-state index contributed by atoms with van der Waals surface area (Å²) < 4.78 is 5.89. The molecular formula is C19H22ClN3O2. The Morgan fingerprint density at radius 3 is 2.28 bits per heavy atom. The highest BCUT2D eigenvalue weighted by molar-refractivity contribution is 6.30. The Balaban J connectivity index is 1.55. The van der Waals surface area contributed by atoms with Crippen LogP contribution in [0.2, 0.25) is 5.02 Å². The van der Waals surface area contributed by atoms with Crippen LogP contribution in [0.3, 0.4) is 0 Å². The molecule has 2 amide bonds. The molecule has 1 aliphatic heterocycles. The van der Waals surface area contributed by atoms with E-state index in [2.05, 4.69) is 22.9 Å². The third kappa shape index (κ3) is 5.19. The van der Waals surface area contributed by atoms with Crippen molar-refractivity contribution in [3.63, 3.8) is 0 Å². The Labute approximate surface area is 152 Å². The molecule has 0 aliphatic carbocycles. The average molecular weight is 360 g/mol. The molecule has 0 aromatic heterocycles. The van der Waals surface area contributed by atoms with Crippen LogP contribution in [-0.2, 0) is 11.2 Å². The van der Waals surface area contributed by atoms with Crippen LogP contribution in [0.25, 0.3) is 0 Å². The standard InChI is InChI=1S/C19H22ClN3O2/c1-19(13-21-10-11-25-19)12-14-2-6-16(7-3-14)22-18(24)23-17-8-4-15(20)5-9-17/h2-9,21H,10-13H2,1H3,(H2,22,23,24)/t19-/m1/s1. The van der Waals surface area contributed by atoms with Gasteiger partial charge in [-0.2, -0.15) is 0 Å². The number of anilines is 2. The van der Waals surface area contributed by atoms with Crippen LogP contribution in [0.15, 0.2) is 48.5 Å². The average Bonchev–Trinajstić information content (AvgIpc) is 2.59. The summed E-state index contributed by atoms with van der Waals surface area (Å²) in [5.41, 5.74) is 2.42. The Kier molecular flexibility index (Phi) is 5.58. The molecule has 2 aromatic rings. The second kappa shape index (κ2) is 7.87. The van der Waals surface area contributed by atoms with E-state index in [1.54, 1.807) is 24.3 Å². The van der Waals surface area contributed by atoms with E-state index in [0.717, 1.165) is 31.8 Å². The molecule has 0 radical (unpaired) electrons. The van der Waals surface area contributed by atoms with Gasteiger partial charge in [0, 0.05) is 35.9 Å². The molecule has 132 valence electrons. The number of benzene rings is 2. The fourth-order valence-electron chi connectivity index (χ4n) is 2.85. The van der Waals surface area contributed by atoms with Crippen molar-refractivity contribution < 1.29 is 9.53 Å². The first-order valence-electron chi connectivity index (χ1n) is 8.30. The number of rotatable bonds is 4. The van der Waals surface area contributed by atoms with E-state index in [4.69, 9.17) is 16.3 Å². The normalized spacial score (nSPS) is 20.1. The molecule has 5 nitrogen and oxygen atoms in total. The first kappa shape index (κ1) is 17.7. The van der Waals surface area contributed by atoms with Gasteiger partial charge in [-0.25, -0.2) is 4.79 Å². The summed E-state index contributed by atoms with van der Waals surface area (Å²) >= 11 is 5.83. The number of carbonyl (C=O) groups is 1. The van der Waals surface area contributed by atoms with E-state index in [1.807, 2.05) is 24.3 Å². The molecule has 0 spiro atoms. The van der Waals surface area contributed by atoms with Crippen molar-refractivity contribution >= 4 is 29.0 Å². The SMILES string of the molecule is C[C@@]1(Cc2ccc(NC(=O)Nc3ccc(Cl)cc3)cc2)CNCCO1. The quantitative estimate of drug-likeness (QED) is 0.775. The van der Waals surface area contributed by atoms with Gasteiger partial charge < -0.3 is 20.7 Å². The number of carbonyl (C=O) groups excluding carboxylic acids is 1. The monoisotopic (exact) mass is 359 g/mol. The van der Waals surface area contributed by atoms with Gasteiger partial charge in [-0.05, 0) is 48.9 Å². The smallest absolute Gasteiger partial charge is 0.323 e. The van der Waals surface area contributed by atoms with Crippen LogP contribution in [-0.4, -0.2) is 31.3 Å². The lowest BCUT2D eigenvalue weighted by Gasteiger charge is -2.34. The second-order valence-electron chi connectivity index (χ2n) is 6.43. The van der Waals surface area contributed by atoms with Crippen molar-refractivity contribution in [2.75, 3.05) is 30.3 Å². The van der Waals surface area contributed by atoms with Gasteiger partial charge in [0.1, 0.15) is 0 Å². The lowest BCUT2D eigenvalue weighted by atomic mass is 9.95. The van der Waals surface area contributed by atoms with Gasteiger partial charge in [0.05, 0.1) is 12.2 Å². The summed E-state index contributed by atoms with van der Waals surface area (Å²) in [5, 5.41) is 9.58. The van der Waals surface area contributed by atoms with Crippen LogP contribution in [0, 0.1) is 0 Å². The van der Waals surface area contributed by atoms with Gasteiger partial charge in [-0.3, -0.25) is 0 Å². The first-order chi connectivity index (χ1) is 12.0. The minimum absolute atomic E-state index is 0.181. The first-order valence-corrected chi connectivity index (χ1v) is 8.67. The minimum Gasteiger partial charge on any atom is -0.372 e. The maximum atomic E-state index is 12.0. The summed E-state index contributed by atoms with van der Waals surface area (Å²) in [6, 6.07) is 14.5. The lowest BCUT2D eigenvalue weighted by Crippen LogP contribution is -2.48. The van der Waals surface area contributed by atoms with Crippen molar-refractivity contribution in [3.05, 3.63) is 59.1 Å². The minimum atomic E-state index is -0.290. The van der Waals surface area contributed by atoms with Gasteiger partial charge in [0.2, 0.25) is 0 Å². The maximum absolute atomic E-state index is 12.0. The van der Waals surface area contributed by atoms with Crippen molar-refractivity contribution in [1.82, 2.24) is 5.32 Å². The summed E-state index contributed by atoms with van der Waals surface area (Å²) in [7, 11) is 0. The molecule has 1 heterocycles. The molecule has 1 aliphatic rings. The number of hydrogen-bond acceptors (Lipinski definition) is 3. The third-order valence-corrected chi connectivity index (χ3v) is 4.37. The van der Waals surface area contributed by atoms with Gasteiger partial charge in [0.25, 0.3) is 0 Å². The number of amides is 2. The Hall–Kier alpha value is -2.08. The Bertz CT molecular complexity index is 710. The molecule has 0 saturated carbocycles. The van der Waals surface area contributed by atoms with E-state index in [0.29, 0.717) is 10.7 Å². The maximum Gasteiger partial charge on any atom is 0.323 e. The van der Waals surface area contributed by atoms with E-state index < -0.39 is 0 Å². The molecule has 3 N–H and O–H groups in total. The number of halogens is 1. The van der Waals surface area contributed by atoms with Gasteiger partial charge in [0.15, 0.2) is 0 Å². The molecule has 0 bridgehead atoms. The number of hydrogen-bond donors (Lipinski definition) is 3. The molecule has 1 saturated heterocycles. The predicted octanol–water partition coefficient (Wildman–Crippen LogP) is 3.91. The van der Waals surface area contributed by atoms with Crippen molar-refractivity contribution in [1.29, 1.82) is 0 Å². The van der Waals surface area contributed by atoms with Crippen LogP contribution in [0.4, 0.5) is 16.2 Å². The molecule has 1 atom stereocenters. The molecular weight excluding hydrogens is 338 g/mol. The zero-order valence-electron chi connectivity index (χ0n) is 14.1. The van der Waals surface area contributed by atoms with Crippen molar-refractivity contribution in [2.24, 2.45) is 0 Å². The topological polar surface area (TPSA) is 62.4 Å². The third-order valence-electron chi connectivity index (χ3n) is 4.12. The van der Waals surface area contributed by atoms with Crippen LogP contribution in [0.5, 0.6) is 0 Å².